The van der Waals surface area contributed by atoms with Crippen molar-refractivity contribution in [1.82, 2.24) is 4.90 Å². The lowest BCUT2D eigenvalue weighted by atomic mass is 9.95. The lowest BCUT2D eigenvalue weighted by Crippen LogP contribution is -2.32. The summed E-state index contributed by atoms with van der Waals surface area (Å²) in [7, 11) is 6.07. The van der Waals surface area contributed by atoms with Crippen LogP contribution in [0.15, 0.2) is 48.0 Å². The standard InChI is InChI=1S/C23H25NO7/c1-28-12-11-24-20(15-7-10-17(30-3)18(13-15)31-4)19(22(26)23(24)27)21(25)14-5-8-16(29-2)9-6-14/h5-10,13,20,25H,11-12H2,1-4H3/b21-19+. The Morgan fingerprint density at radius 3 is 2.19 bits per heavy atom. The fraction of sp³-hybridized carbons (Fsp3) is 0.304. The number of carbonyl (C=O) groups is 2. The summed E-state index contributed by atoms with van der Waals surface area (Å²) in [5, 5.41) is 11.0. The van der Waals surface area contributed by atoms with Gasteiger partial charge >= 0.3 is 0 Å². The van der Waals surface area contributed by atoms with Crippen molar-refractivity contribution in [1.29, 1.82) is 0 Å². The third kappa shape index (κ3) is 4.20. The number of aliphatic hydroxyl groups excluding tert-OH is 1. The zero-order valence-electron chi connectivity index (χ0n) is 17.9. The van der Waals surface area contributed by atoms with Crippen LogP contribution in [0.3, 0.4) is 0 Å². The van der Waals surface area contributed by atoms with Crippen LogP contribution in [0.4, 0.5) is 0 Å². The molecule has 0 aliphatic carbocycles. The minimum Gasteiger partial charge on any atom is -0.507 e. The fourth-order valence-corrected chi connectivity index (χ4v) is 3.57. The summed E-state index contributed by atoms with van der Waals surface area (Å²) in [6.45, 7) is 0.416. The lowest BCUT2D eigenvalue weighted by molar-refractivity contribution is -0.140. The van der Waals surface area contributed by atoms with Gasteiger partial charge in [-0.1, -0.05) is 6.07 Å². The topological polar surface area (TPSA) is 94.5 Å². The minimum atomic E-state index is -0.808. The van der Waals surface area contributed by atoms with Crippen molar-refractivity contribution in [3.63, 3.8) is 0 Å². The Kier molecular flexibility index (Phi) is 6.81. The summed E-state index contributed by atoms with van der Waals surface area (Å²) in [6, 6.07) is 10.9. The van der Waals surface area contributed by atoms with Crippen molar-refractivity contribution in [3.05, 3.63) is 59.2 Å². The van der Waals surface area contributed by atoms with E-state index in [9.17, 15) is 14.7 Å². The number of ketones is 1. The summed E-state index contributed by atoms with van der Waals surface area (Å²) in [5.41, 5.74) is 0.998. The summed E-state index contributed by atoms with van der Waals surface area (Å²) in [4.78, 5) is 27.2. The number of methoxy groups -OCH3 is 4. The number of hydrogen-bond acceptors (Lipinski definition) is 7. The smallest absolute Gasteiger partial charge is 0.295 e. The Hall–Kier alpha value is -3.52. The predicted molar refractivity (Wildman–Crippen MR) is 113 cm³/mol. The fourth-order valence-electron chi connectivity index (χ4n) is 3.57. The second kappa shape index (κ2) is 9.53. The van der Waals surface area contributed by atoms with E-state index in [4.69, 9.17) is 18.9 Å². The first kappa shape index (κ1) is 22.2. The van der Waals surface area contributed by atoms with E-state index in [1.807, 2.05) is 0 Å². The normalized spacial score (nSPS) is 17.7. The molecule has 0 aromatic heterocycles. The number of benzene rings is 2. The van der Waals surface area contributed by atoms with Crippen molar-refractivity contribution in [2.24, 2.45) is 0 Å². The molecular formula is C23H25NO7. The third-order valence-corrected chi connectivity index (χ3v) is 5.16. The molecule has 0 bridgehead atoms. The average Bonchev–Trinajstić information content (AvgIpc) is 3.06. The second-order valence-electron chi connectivity index (χ2n) is 6.83. The Morgan fingerprint density at radius 2 is 1.61 bits per heavy atom. The van der Waals surface area contributed by atoms with E-state index in [1.54, 1.807) is 42.5 Å². The molecule has 2 aromatic carbocycles. The number of carbonyl (C=O) groups excluding carboxylic acids is 2. The van der Waals surface area contributed by atoms with Gasteiger partial charge in [0.15, 0.2) is 11.5 Å². The van der Waals surface area contributed by atoms with E-state index in [0.717, 1.165) is 0 Å². The first-order chi connectivity index (χ1) is 15.0. The second-order valence-corrected chi connectivity index (χ2v) is 6.83. The molecule has 1 N–H and O–H groups in total. The summed E-state index contributed by atoms with van der Waals surface area (Å²) in [5.74, 6) is -0.164. The zero-order valence-corrected chi connectivity index (χ0v) is 17.9. The van der Waals surface area contributed by atoms with Gasteiger partial charge in [-0.25, -0.2) is 0 Å². The maximum Gasteiger partial charge on any atom is 0.295 e. The molecule has 2 aromatic rings. The SMILES string of the molecule is COCCN1C(=O)C(=O)/C(=C(/O)c2ccc(OC)cc2)C1c1ccc(OC)c(OC)c1. The van der Waals surface area contributed by atoms with Crippen molar-refractivity contribution in [3.8, 4) is 17.2 Å². The largest absolute Gasteiger partial charge is 0.507 e. The van der Waals surface area contributed by atoms with Gasteiger partial charge in [0, 0.05) is 19.2 Å². The molecule has 8 heteroatoms. The molecule has 1 amide bonds. The van der Waals surface area contributed by atoms with Gasteiger partial charge in [0.2, 0.25) is 0 Å². The molecule has 1 fully saturated rings. The first-order valence-electron chi connectivity index (χ1n) is 9.60. The molecule has 0 radical (unpaired) electrons. The van der Waals surface area contributed by atoms with Crippen LogP contribution in [0.1, 0.15) is 17.2 Å². The molecule has 1 unspecified atom stereocenters. The highest BCUT2D eigenvalue weighted by Gasteiger charge is 2.46. The minimum absolute atomic E-state index is 0.00140. The van der Waals surface area contributed by atoms with E-state index in [-0.39, 0.29) is 24.5 Å². The van der Waals surface area contributed by atoms with Gasteiger partial charge in [-0.2, -0.15) is 0 Å². The van der Waals surface area contributed by atoms with Crippen LogP contribution >= 0.6 is 0 Å². The highest BCUT2D eigenvalue weighted by atomic mass is 16.5. The molecule has 8 nitrogen and oxygen atoms in total. The number of likely N-dealkylation sites (tertiary alicyclic amines) is 1. The van der Waals surface area contributed by atoms with Gasteiger partial charge in [-0.05, 0) is 42.0 Å². The van der Waals surface area contributed by atoms with Crippen LogP contribution in [0.2, 0.25) is 0 Å². The van der Waals surface area contributed by atoms with E-state index in [1.165, 1.54) is 33.3 Å². The number of hydrogen-bond donors (Lipinski definition) is 1. The molecule has 1 aliphatic heterocycles. The van der Waals surface area contributed by atoms with E-state index in [2.05, 4.69) is 0 Å². The monoisotopic (exact) mass is 427 g/mol. The van der Waals surface area contributed by atoms with E-state index in [0.29, 0.717) is 28.4 Å². The average molecular weight is 427 g/mol. The highest BCUT2D eigenvalue weighted by molar-refractivity contribution is 6.46. The molecule has 1 saturated heterocycles. The number of aliphatic hydroxyl groups is 1. The Bertz CT molecular complexity index is 997. The lowest BCUT2D eigenvalue weighted by Gasteiger charge is -2.25. The number of Topliss-reactive ketones (excluding diaryl/α,β-unsaturated/α-hetero) is 1. The predicted octanol–water partition coefficient (Wildman–Crippen LogP) is 2.78. The molecule has 0 saturated carbocycles. The van der Waals surface area contributed by atoms with Crippen LogP contribution in [0.25, 0.3) is 5.76 Å². The van der Waals surface area contributed by atoms with Crippen LogP contribution in [-0.2, 0) is 14.3 Å². The zero-order chi connectivity index (χ0) is 22.5. The number of nitrogens with zero attached hydrogens (tertiary/aromatic N) is 1. The maximum absolute atomic E-state index is 12.9. The van der Waals surface area contributed by atoms with Crippen molar-refractivity contribution in [2.45, 2.75) is 6.04 Å². The van der Waals surface area contributed by atoms with Crippen molar-refractivity contribution < 1.29 is 33.6 Å². The number of rotatable bonds is 8. The van der Waals surface area contributed by atoms with Gasteiger partial charge in [-0.3, -0.25) is 9.59 Å². The Labute approximate surface area is 180 Å². The van der Waals surface area contributed by atoms with Crippen LogP contribution in [0.5, 0.6) is 17.2 Å². The molecule has 1 atom stereocenters. The number of amides is 1. The quantitative estimate of drug-likeness (QED) is 0.393. The van der Waals surface area contributed by atoms with E-state index >= 15 is 0 Å². The molecule has 3 rings (SSSR count). The van der Waals surface area contributed by atoms with Crippen LogP contribution < -0.4 is 14.2 Å². The Balaban J connectivity index is 2.17. The van der Waals surface area contributed by atoms with Gasteiger partial charge in [0.1, 0.15) is 11.5 Å². The third-order valence-electron chi connectivity index (χ3n) is 5.16. The first-order valence-corrected chi connectivity index (χ1v) is 9.60. The maximum atomic E-state index is 12.9. The molecule has 1 heterocycles. The van der Waals surface area contributed by atoms with Crippen molar-refractivity contribution in [2.75, 3.05) is 41.6 Å². The summed E-state index contributed by atoms with van der Waals surface area (Å²) < 4.78 is 20.9. The van der Waals surface area contributed by atoms with Crippen molar-refractivity contribution >= 4 is 17.4 Å². The van der Waals surface area contributed by atoms with Crippen LogP contribution in [0, 0.1) is 0 Å². The summed E-state index contributed by atoms with van der Waals surface area (Å²) >= 11 is 0. The van der Waals surface area contributed by atoms with Crippen LogP contribution in [-0.4, -0.2) is 63.3 Å². The highest BCUT2D eigenvalue weighted by Crippen LogP contribution is 2.41. The molecule has 31 heavy (non-hydrogen) atoms. The van der Waals surface area contributed by atoms with Gasteiger partial charge < -0.3 is 29.0 Å². The Morgan fingerprint density at radius 1 is 0.935 bits per heavy atom. The number of ether oxygens (including phenoxy) is 4. The van der Waals surface area contributed by atoms with Gasteiger partial charge in [0.25, 0.3) is 11.7 Å². The molecule has 0 spiro atoms. The summed E-state index contributed by atoms with van der Waals surface area (Å²) in [6.07, 6.45) is 0. The molecule has 164 valence electrons. The van der Waals surface area contributed by atoms with Gasteiger partial charge in [-0.15, -0.1) is 0 Å². The molecular weight excluding hydrogens is 402 g/mol. The van der Waals surface area contributed by atoms with Gasteiger partial charge in [0.05, 0.1) is 39.6 Å². The molecule has 1 aliphatic rings. The van der Waals surface area contributed by atoms with E-state index < -0.39 is 17.7 Å².